The van der Waals surface area contributed by atoms with Crippen molar-refractivity contribution in [1.29, 1.82) is 0 Å². The standard InChI is InChI=1S/C13H24N2O2/c1-2-13(6-3-7-14-9-13)12(17)15-8-11(16)10-4-5-10/h10-11,14,16H,2-9H2,1H3,(H,15,17). The highest BCUT2D eigenvalue weighted by Crippen LogP contribution is 2.33. The van der Waals surface area contributed by atoms with Crippen LogP contribution in [-0.2, 0) is 4.79 Å². The fourth-order valence-electron chi connectivity index (χ4n) is 2.66. The highest BCUT2D eigenvalue weighted by molar-refractivity contribution is 5.83. The highest BCUT2D eigenvalue weighted by Gasteiger charge is 2.38. The maximum absolute atomic E-state index is 12.2. The van der Waals surface area contributed by atoms with Crippen molar-refractivity contribution >= 4 is 5.91 Å². The molecule has 17 heavy (non-hydrogen) atoms. The van der Waals surface area contributed by atoms with E-state index in [9.17, 15) is 9.90 Å². The Morgan fingerprint density at radius 1 is 1.59 bits per heavy atom. The largest absolute Gasteiger partial charge is 0.391 e. The third-order valence-electron chi connectivity index (χ3n) is 4.27. The SMILES string of the molecule is CCC1(C(=O)NCC(O)C2CC2)CCCNC1. The summed E-state index contributed by atoms with van der Waals surface area (Å²) in [7, 11) is 0. The minimum absolute atomic E-state index is 0.118. The third kappa shape index (κ3) is 2.99. The molecule has 0 bridgehead atoms. The summed E-state index contributed by atoms with van der Waals surface area (Å²) in [5.41, 5.74) is -0.248. The van der Waals surface area contributed by atoms with Crippen molar-refractivity contribution in [1.82, 2.24) is 10.6 Å². The van der Waals surface area contributed by atoms with Gasteiger partial charge in [-0.15, -0.1) is 0 Å². The number of rotatable bonds is 5. The minimum Gasteiger partial charge on any atom is -0.391 e. The van der Waals surface area contributed by atoms with Gasteiger partial charge in [0.05, 0.1) is 11.5 Å². The third-order valence-corrected chi connectivity index (χ3v) is 4.27. The number of hydrogen-bond donors (Lipinski definition) is 3. The Morgan fingerprint density at radius 3 is 2.88 bits per heavy atom. The Morgan fingerprint density at radius 2 is 2.35 bits per heavy atom. The summed E-state index contributed by atoms with van der Waals surface area (Å²) in [5.74, 6) is 0.546. The summed E-state index contributed by atoms with van der Waals surface area (Å²) in [6.45, 7) is 4.28. The van der Waals surface area contributed by atoms with Crippen LogP contribution in [0.15, 0.2) is 0 Å². The summed E-state index contributed by atoms with van der Waals surface area (Å²) < 4.78 is 0. The van der Waals surface area contributed by atoms with Gasteiger partial charge in [-0.25, -0.2) is 0 Å². The molecule has 4 heteroatoms. The highest BCUT2D eigenvalue weighted by atomic mass is 16.3. The number of nitrogens with one attached hydrogen (secondary N) is 2. The van der Waals surface area contributed by atoms with Crippen LogP contribution in [-0.4, -0.2) is 36.8 Å². The summed E-state index contributed by atoms with van der Waals surface area (Å²) >= 11 is 0. The average Bonchev–Trinajstić information content (AvgIpc) is 3.20. The van der Waals surface area contributed by atoms with Crippen LogP contribution in [0.5, 0.6) is 0 Å². The molecule has 0 radical (unpaired) electrons. The van der Waals surface area contributed by atoms with E-state index in [0.29, 0.717) is 12.5 Å². The van der Waals surface area contributed by atoms with Crippen molar-refractivity contribution in [3.8, 4) is 0 Å². The van der Waals surface area contributed by atoms with Crippen LogP contribution in [0.4, 0.5) is 0 Å². The Balaban J connectivity index is 1.83. The fourth-order valence-corrected chi connectivity index (χ4v) is 2.66. The lowest BCUT2D eigenvalue weighted by atomic mass is 9.77. The average molecular weight is 240 g/mol. The van der Waals surface area contributed by atoms with Gasteiger partial charge in [0, 0.05) is 13.1 Å². The molecule has 2 unspecified atom stereocenters. The van der Waals surface area contributed by atoms with Crippen LogP contribution in [0.1, 0.15) is 39.0 Å². The quantitative estimate of drug-likeness (QED) is 0.661. The molecule has 2 rings (SSSR count). The maximum Gasteiger partial charge on any atom is 0.227 e. The summed E-state index contributed by atoms with van der Waals surface area (Å²) in [4.78, 5) is 12.2. The molecule has 1 aliphatic carbocycles. The molecule has 98 valence electrons. The second kappa shape index (κ2) is 5.36. The summed E-state index contributed by atoms with van der Waals surface area (Å²) in [6.07, 6.45) is 4.76. The topological polar surface area (TPSA) is 61.4 Å². The van der Waals surface area contributed by atoms with Crippen molar-refractivity contribution in [3.05, 3.63) is 0 Å². The zero-order chi connectivity index (χ0) is 12.3. The van der Waals surface area contributed by atoms with Gasteiger partial charge < -0.3 is 15.7 Å². The van der Waals surface area contributed by atoms with Gasteiger partial charge >= 0.3 is 0 Å². The van der Waals surface area contributed by atoms with Gasteiger partial charge in [-0.05, 0) is 44.6 Å². The molecular weight excluding hydrogens is 216 g/mol. The van der Waals surface area contributed by atoms with Crippen LogP contribution >= 0.6 is 0 Å². The van der Waals surface area contributed by atoms with E-state index in [4.69, 9.17) is 0 Å². The number of amides is 1. The van der Waals surface area contributed by atoms with Crippen molar-refractivity contribution in [2.24, 2.45) is 11.3 Å². The van der Waals surface area contributed by atoms with Crippen LogP contribution in [0.3, 0.4) is 0 Å². The van der Waals surface area contributed by atoms with Crippen LogP contribution in [0, 0.1) is 11.3 Å². The van der Waals surface area contributed by atoms with E-state index in [1.807, 2.05) is 0 Å². The monoisotopic (exact) mass is 240 g/mol. The molecule has 1 aliphatic heterocycles. The molecule has 0 aromatic heterocycles. The van der Waals surface area contributed by atoms with Gasteiger partial charge in [-0.2, -0.15) is 0 Å². The van der Waals surface area contributed by atoms with Crippen LogP contribution in [0.2, 0.25) is 0 Å². The van der Waals surface area contributed by atoms with Crippen molar-refractivity contribution in [2.45, 2.75) is 45.1 Å². The lowest BCUT2D eigenvalue weighted by molar-refractivity contribution is -0.132. The fraction of sp³-hybridized carbons (Fsp3) is 0.923. The van der Waals surface area contributed by atoms with Gasteiger partial charge in [0.25, 0.3) is 0 Å². The number of hydrogen-bond acceptors (Lipinski definition) is 3. The lowest BCUT2D eigenvalue weighted by Gasteiger charge is -2.35. The number of aliphatic hydroxyl groups excluding tert-OH is 1. The molecule has 2 fully saturated rings. The zero-order valence-electron chi connectivity index (χ0n) is 10.7. The van der Waals surface area contributed by atoms with Gasteiger partial charge in [-0.3, -0.25) is 4.79 Å². The van der Waals surface area contributed by atoms with E-state index in [1.54, 1.807) is 0 Å². The molecule has 1 saturated heterocycles. The van der Waals surface area contributed by atoms with Crippen LogP contribution < -0.4 is 10.6 Å². The van der Waals surface area contributed by atoms with E-state index >= 15 is 0 Å². The Labute approximate surface area is 103 Å². The first-order valence-electron chi connectivity index (χ1n) is 6.85. The molecule has 0 aromatic rings. The zero-order valence-corrected chi connectivity index (χ0v) is 10.7. The van der Waals surface area contributed by atoms with Gasteiger partial charge in [0.1, 0.15) is 0 Å². The van der Waals surface area contributed by atoms with E-state index in [-0.39, 0.29) is 17.4 Å². The van der Waals surface area contributed by atoms with Crippen molar-refractivity contribution < 1.29 is 9.90 Å². The van der Waals surface area contributed by atoms with Gasteiger partial charge in [-0.1, -0.05) is 6.92 Å². The molecule has 1 heterocycles. The van der Waals surface area contributed by atoms with E-state index in [2.05, 4.69) is 17.6 Å². The molecule has 1 amide bonds. The van der Waals surface area contributed by atoms with E-state index in [0.717, 1.165) is 45.2 Å². The normalized spacial score (nSPS) is 30.9. The minimum atomic E-state index is -0.343. The van der Waals surface area contributed by atoms with E-state index in [1.165, 1.54) is 0 Å². The lowest BCUT2D eigenvalue weighted by Crippen LogP contribution is -2.51. The summed E-state index contributed by atoms with van der Waals surface area (Å²) in [5, 5.41) is 16.0. The second-order valence-electron chi connectivity index (χ2n) is 5.53. The van der Waals surface area contributed by atoms with Gasteiger partial charge in [0.2, 0.25) is 5.91 Å². The predicted octanol–water partition coefficient (Wildman–Crippen LogP) is 0.653. The molecule has 2 aliphatic rings. The van der Waals surface area contributed by atoms with Crippen molar-refractivity contribution in [3.63, 3.8) is 0 Å². The molecule has 3 N–H and O–H groups in total. The van der Waals surface area contributed by atoms with Crippen molar-refractivity contribution in [2.75, 3.05) is 19.6 Å². The summed E-state index contributed by atoms with van der Waals surface area (Å²) in [6, 6.07) is 0. The first-order valence-corrected chi connectivity index (χ1v) is 6.85. The number of aliphatic hydroxyl groups is 1. The van der Waals surface area contributed by atoms with E-state index < -0.39 is 0 Å². The smallest absolute Gasteiger partial charge is 0.227 e. The molecule has 2 atom stereocenters. The number of piperidine rings is 1. The number of carbonyl (C=O) groups excluding carboxylic acids is 1. The molecule has 4 nitrogen and oxygen atoms in total. The molecule has 0 spiro atoms. The molecular formula is C13H24N2O2. The Bertz CT molecular complexity index is 271. The maximum atomic E-state index is 12.2. The van der Waals surface area contributed by atoms with Crippen LogP contribution in [0.25, 0.3) is 0 Å². The molecule has 0 aromatic carbocycles. The predicted molar refractivity (Wildman–Crippen MR) is 66.6 cm³/mol. The Kier molecular flexibility index (Phi) is 4.05. The first kappa shape index (κ1) is 12.8. The number of carbonyl (C=O) groups is 1. The van der Waals surface area contributed by atoms with Gasteiger partial charge in [0.15, 0.2) is 0 Å². The first-order chi connectivity index (χ1) is 8.18. The second-order valence-corrected chi connectivity index (χ2v) is 5.53. The Hall–Kier alpha value is -0.610. The molecule has 1 saturated carbocycles.